The van der Waals surface area contributed by atoms with Crippen molar-refractivity contribution in [3.63, 3.8) is 0 Å². The number of nitrogens with two attached hydrogens (primary N) is 1. The predicted octanol–water partition coefficient (Wildman–Crippen LogP) is 3.19. The molecule has 1 aromatic carbocycles. The number of anilines is 1. The topological polar surface area (TPSA) is 46.2 Å². The Morgan fingerprint density at radius 2 is 1.94 bits per heavy atom. The van der Waals surface area contributed by atoms with Crippen LogP contribution in [-0.4, -0.2) is 16.5 Å². The fourth-order valence-corrected chi connectivity index (χ4v) is 3.53. The monoisotopic (exact) mass is 255 g/mol. The van der Waals surface area contributed by atoms with Gasteiger partial charge in [0.25, 0.3) is 0 Å². The highest BCUT2D eigenvalue weighted by atomic mass is 32.2. The quantitative estimate of drug-likeness (QED) is 0.630. The van der Waals surface area contributed by atoms with E-state index in [1.807, 2.05) is 0 Å². The smallest absolute Gasteiger partial charge is 0.126 e. The summed E-state index contributed by atoms with van der Waals surface area (Å²) in [4.78, 5) is 0.813. The highest BCUT2D eigenvalue weighted by Crippen LogP contribution is 2.34. The van der Waals surface area contributed by atoms with E-state index < -0.39 is 0 Å². The zero-order valence-corrected chi connectivity index (χ0v) is 10.5. The van der Waals surface area contributed by atoms with Gasteiger partial charge in [0.05, 0.1) is 6.10 Å². The summed E-state index contributed by atoms with van der Waals surface area (Å²) < 4.78 is 13.2. The number of hydrogen-bond donors (Lipinski definition) is 2. The maximum atomic E-state index is 13.2. The molecule has 1 fully saturated rings. The Labute approximate surface area is 105 Å². The number of thioether (sulfide) groups is 1. The zero-order chi connectivity index (χ0) is 12.3. The van der Waals surface area contributed by atoms with Crippen LogP contribution in [0.5, 0.6) is 0 Å². The van der Waals surface area contributed by atoms with Gasteiger partial charge in [-0.3, -0.25) is 0 Å². The second-order valence-corrected chi connectivity index (χ2v) is 5.89. The van der Waals surface area contributed by atoms with E-state index in [4.69, 9.17) is 5.73 Å². The molecule has 2 rings (SSSR count). The molecule has 0 spiro atoms. The molecule has 1 saturated carbocycles. The van der Waals surface area contributed by atoms with E-state index in [0.717, 1.165) is 30.6 Å². The number of benzene rings is 1. The molecule has 2 unspecified atom stereocenters. The Morgan fingerprint density at radius 3 is 2.71 bits per heavy atom. The van der Waals surface area contributed by atoms with Gasteiger partial charge in [-0.05, 0) is 31.0 Å². The second kappa shape index (κ2) is 5.74. The Morgan fingerprint density at radius 1 is 1.18 bits per heavy atom. The van der Waals surface area contributed by atoms with Crippen molar-refractivity contribution >= 4 is 17.4 Å². The van der Waals surface area contributed by atoms with Gasteiger partial charge in [-0.1, -0.05) is 19.3 Å². The van der Waals surface area contributed by atoms with Crippen LogP contribution in [0.1, 0.15) is 32.1 Å². The van der Waals surface area contributed by atoms with Gasteiger partial charge in [0.2, 0.25) is 0 Å². The number of aliphatic hydroxyl groups is 1. The normalized spacial score (nSPS) is 25.5. The molecule has 3 N–H and O–H groups in total. The van der Waals surface area contributed by atoms with Crippen LogP contribution in [0.4, 0.5) is 10.1 Å². The van der Waals surface area contributed by atoms with Gasteiger partial charge < -0.3 is 10.8 Å². The minimum Gasteiger partial charge on any atom is -0.399 e. The van der Waals surface area contributed by atoms with Gasteiger partial charge in [-0.15, -0.1) is 11.8 Å². The van der Waals surface area contributed by atoms with Crippen LogP contribution < -0.4 is 5.73 Å². The van der Waals surface area contributed by atoms with Crippen molar-refractivity contribution < 1.29 is 9.50 Å². The second-order valence-electron chi connectivity index (χ2n) is 4.58. The maximum absolute atomic E-state index is 13.2. The summed E-state index contributed by atoms with van der Waals surface area (Å²) in [5.74, 6) is -0.310. The summed E-state index contributed by atoms with van der Waals surface area (Å²) in [6, 6.07) is 4.57. The Balaban J connectivity index is 2.07. The summed E-state index contributed by atoms with van der Waals surface area (Å²) in [6.07, 6.45) is 4.96. The van der Waals surface area contributed by atoms with Crippen LogP contribution in [0, 0.1) is 5.82 Å². The molecule has 1 aromatic rings. The van der Waals surface area contributed by atoms with Gasteiger partial charge in [0.15, 0.2) is 0 Å². The number of hydrogen-bond acceptors (Lipinski definition) is 3. The van der Waals surface area contributed by atoms with Crippen LogP contribution in [0.3, 0.4) is 0 Å². The highest BCUT2D eigenvalue weighted by Gasteiger charge is 2.22. The van der Waals surface area contributed by atoms with E-state index in [-0.39, 0.29) is 17.2 Å². The minimum atomic E-state index is -0.310. The van der Waals surface area contributed by atoms with Gasteiger partial charge in [-0.25, -0.2) is 4.39 Å². The predicted molar refractivity (Wildman–Crippen MR) is 69.5 cm³/mol. The molecule has 0 aliphatic heterocycles. The van der Waals surface area contributed by atoms with Crippen LogP contribution in [0.2, 0.25) is 0 Å². The number of rotatable bonds is 2. The molecule has 0 amide bonds. The Hall–Kier alpha value is -0.740. The molecule has 0 saturated heterocycles. The van der Waals surface area contributed by atoms with E-state index in [1.165, 1.54) is 18.6 Å². The molecule has 17 heavy (non-hydrogen) atoms. The van der Waals surface area contributed by atoms with Crippen LogP contribution in [0.25, 0.3) is 0 Å². The average Bonchev–Trinajstić information content (AvgIpc) is 2.43. The van der Waals surface area contributed by atoms with E-state index in [0.29, 0.717) is 5.69 Å². The molecule has 0 radical (unpaired) electrons. The van der Waals surface area contributed by atoms with Crippen LogP contribution in [-0.2, 0) is 0 Å². The molecule has 2 nitrogen and oxygen atoms in total. The summed E-state index contributed by atoms with van der Waals surface area (Å²) in [5, 5.41) is 10.2. The third-order valence-corrected chi connectivity index (χ3v) is 4.46. The third kappa shape index (κ3) is 3.61. The fourth-order valence-electron chi connectivity index (χ4n) is 2.22. The molecular formula is C13H18FNOS. The average molecular weight is 255 g/mol. The van der Waals surface area contributed by atoms with E-state index in [9.17, 15) is 9.50 Å². The van der Waals surface area contributed by atoms with Crippen molar-refractivity contribution in [1.82, 2.24) is 0 Å². The summed E-state index contributed by atoms with van der Waals surface area (Å²) in [6.45, 7) is 0. The number of nitrogen functional groups attached to an aromatic ring is 1. The minimum absolute atomic E-state index is 0.165. The van der Waals surface area contributed by atoms with Gasteiger partial charge >= 0.3 is 0 Å². The van der Waals surface area contributed by atoms with E-state index in [1.54, 1.807) is 17.8 Å². The molecule has 94 valence electrons. The molecule has 0 aromatic heterocycles. The van der Waals surface area contributed by atoms with E-state index in [2.05, 4.69) is 0 Å². The molecule has 0 bridgehead atoms. The first-order valence-electron chi connectivity index (χ1n) is 6.06. The summed E-state index contributed by atoms with van der Waals surface area (Å²) in [5.41, 5.74) is 6.05. The fraction of sp³-hybridized carbons (Fsp3) is 0.538. The largest absolute Gasteiger partial charge is 0.399 e. The van der Waals surface area contributed by atoms with E-state index >= 15 is 0 Å². The lowest BCUT2D eigenvalue weighted by molar-refractivity contribution is 0.163. The first-order chi connectivity index (χ1) is 8.15. The zero-order valence-electron chi connectivity index (χ0n) is 9.73. The third-order valence-electron chi connectivity index (χ3n) is 3.10. The van der Waals surface area contributed by atoms with Gasteiger partial charge in [-0.2, -0.15) is 0 Å². The van der Waals surface area contributed by atoms with Crippen molar-refractivity contribution in [2.45, 2.75) is 48.4 Å². The van der Waals surface area contributed by atoms with Crippen molar-refractivity contribution in [3.05, 3.63) is 24.0 Å². The van der Waals surface area contributed by atoms with Crippen molar-refractivity contribution in [2.75, 3.05) is 5.73 Å². The van der Waals surface area contributed by atoms with Crippen molar-refractivity contribution in [2.24, 2.45) is 0 Å². The lowest BCUT2D eigenvalue weighted by Gasteiger charge is -2.19. The Bertz CT molecular complexity index is 365. The summed E-state index contributed by atoms with van der Waals surface area (Å²) in [7, 11) is 0. The Kier molecular flexibility index (Phi) is 4.29. The molecule has 1 aliphatic rings. The molecule has 0 heterocycles. The van der Waals surface area contributed by atoms with Crippen LogP contribution >= 0.6 is 11.8 Å². The van der Waals surface area contributed by atoms with Crippen LogP contribution in [0.15, 0.2) is 23.1 Å². The van der Waals surface area contributed by atoms with Gasteiger partial charge in [0.1, 0.15) is 5.82 Å². The molecular weight excluding hydrogens is 237 g/mol. The lowest BCUT2D eigenvalue weighted by Crippen LogP contribution is -2.21. The summed E-state index contributed by atoms with van der Waals surface area (Å²) >= 11 is 1.54. The molecule has 1 aliphatic carbocycles. The number of aliphatic hydroxyl groups excluding tert-OH is 1. The maximum Gasteiger partial charge on any atom is 0.126 e. The highest BCUT2D eigenvalue weighted by molar-refractivity contribution is 8.00. The van der Waals surface area contributed by atoms with Crippen molar-refractivity contribution in [1.29, 1.82) is 0 Å². The van der Waals surface area contributed by atoms with Crippen molar-refractivity contribution in [3.8, 4) is 0 Å². The number of halogens is 1. The first-order valence-corrected chi connectivity index (χ1v) is 6.94. The van der Waals surface area contributed by atoms with Gasteiger partial charge in [0, 0.05) is 15.8 Å². The lowest BCUT2D eigenvalue weighted by atomic mass is 10.1. The first kappa shape index (κ1) is 12.7. The standard InChI is InChI=1S/C13H18FNOS/c14-9-6-10(15)8-11(7-9)17-13-5-3-1-2-4-12(13)16/h6-8,12-13,16H,1-5,15H2. The SMILES string of the molecule is Nc1cc(F)cc(SC2CCCCCC2O)c1. The molecule has 2 atom stereocenters. The molecule has 4 heteroatoms.